The van der Waals surface area contributed by atoms with E-state index in [9.17, 15) is 24.5 Å². The Kier molecular flexibility index (Phi) is 7.93. The van der Waals surface area contributed by atoms with Crippen LogP contribution in [0.25, 0.3) is 0 Å². The van der Waals surface area contributed by atoms with Crippen LogP contribution in [0.5, 0.6) is 0 Å². The SMILES string of the molecule is CC[C@@H](C)NC(=O)NC(=O)COC(=O)C1CCN(c2ccccc2[N+](=O)[O-])CC1. The average molecular weight is 406 g/mol. The number of nitrogens with zero attached hydrogens (tertiary/aromatic N) is 2. The molecule has 158 valence electrons. The number of esters is 1. The third-order valence-corrected chi connectivity index (χ3v) is 4.84. The molecule has 1 aromatic rings. The molecule has 1 atom stereocenters. The van der Waals surface area contributed by atoms with Gasteiger partial charge in [-0.25, -0.2) is 4.79 Å². The molecule has 1 fully saturated rings. The molecule has 10 heteroatoms. The van der Waals surface area contributed by atoms with Gasteiger partial charge in [0.25, 0.3) is 11.6 Å². The van der Waals surface area contributed by atoms with E-state index in [0.29, 0.717) is 31.6 Å². The van der Waals surface area contributed by atoms with E-state index in [0.717, 1.165) is 6.42 Å². The normalized spacial score (nSPS) is 15.3. The van der Waals surface area contributed by atoms with Crippen molar-refractivity contribution in [1.82, 2.24) is 10.6 Å². The Hall–Kier alpha value is -3.17. The highest BCUT2D eigenvalue weighted by Crippen LogP contribution is 2.31. The van der Waals surface area contributed by atoms with Gasteiger partial charge in [-0.05, 0) is 32.3 Å². The lowest BCUT2D eigenvalue weighted by molar-refractivity contribution is -0.384. The minimum Gasteiger partial charge on any atom is -0.455 e. The maximum atomic E-state index is 12.2. The summed E-state index contributed by atoms with van der Waals surface area (Å²) in [5.74, 6) is -1.60. The lowest BCUT2D eigenvalue weighted by Gasteiger charge is -2.32. The second-order valence-electron chi connectivity index (χ2n) is 6.95. The zero-order valence-electron chi connectivity index (χ0n) is 16.6. The molecule has 0 aliphatic carbocycles. The zero-order chi connectivity index (χ0) is 21.4. The fourth-order valence-electron chi connectivity index (χ4n) is 3.02. The molecule has 1 aliphatic rings. The van der Waals surface area contributed by atoms with E-state index in [-0.39, 0.29) is 11.7 Å². The molecule has 29 heavy (non-hydrogen) atoms. The number of carbonyl (C=O) groups excluding carboxylic acids is 3. The Morgan fingerprint density at radius 1 is 1.28 bits per heavy atom. The molecule has 0 aromatic heterocycles. The summed E-state index contributed by atoms with van der Waals surface area (Å²) in [6.45, 7) is 4.11. The highest BCUT2D eigenvalue weighted by molar-refractivity contribution is 5.95. The van der Waals surface area contributed by atoms with Crippen molar-refractivity contribution in [3.05, 3.63) is 34.4 Å². The Morgan fingerprint density at radius 2 is 1.93 bits per heavy atom. The van der Waals surface area contributed by atoms with Crippen LogP contribution in [-0.2, 0) is 14.3 Å². The number of anilines is 1. The first-order valence-corrected chi connectivity index (χ1v) is 9.57. The highest BCUT2D eigenvalue weighted by Gasteiger charge is 2.29. The van der Waals surface area contributed by atoms with Crippen molar-refractivity contribution < 1.29 is 24.0 Å². The van der Waals surface area contributed by atoms with Gasteiger partial charge in [0, 0.05) is 25.2 Å². The van der Waals surface area contributed by atoms with Crippen molar-refractivity contribution in [2.45, 2.75) is 39.2 Å². The summed E-state index contributed by atoms with van der Waals surface area (Å²) in [7, 11) is 0. The van der Waals surface area contributed by atoms with E-state index in [1.54, 1.807) is 25.1 Å². The topological polar surface area (TPSA) is 131 Å². The summed E-state index contributed by atoms with van der Waals surface area (Å²) in [5, 5.41) is 15.9. The van der Waals surface area contributed by atoms with Crippen LogP contribution in [0.1, 0.15) is 33.1 Å². The van der Waals surface area contributed by atoms with Crippen molar-refractivity contribution >= 4 is 29.3 Å². The number of para-hydroxylation sites is 2. The van der Waals surface area contributed by atoms with Gasteiger partial charge in [-0.3, -0.25) is 25.0 Å². The molecule has 10 nitrogen and oxygen atoms in total. The molecular formula is C19H26N4O6. The zero-order valence-corrected chi connectivity index (χ0v) is 16.6. The van der Waals surface area contributed by atoms with Gasteiger partial charge in [-0.1, -0.05) is 19.1 Å². The molecule has 1 aromatic carbocycles. The molecule has 0 unspecified atom stereocenters. The minimum absolute atomic E-state index is 0.0286. The van der Waals surface area contributed by atoms with Gasteiger partial charge in [0.15, 0.2) is 6.61 Å². The largest absolute Gasteiger partial charge is 0.455 e. The quantitative estimate of drug-likeness (QED) is 0.402. The third kappa shape index (κ3) is 6.44. The third-order valence-electron chi connectivity index (χ3n) is 4.84. The molecule has 0 bridgehead atoms. The van der Waals surface area contributed by atoms with Crippen molar-refractivity contribution in [3.8, 4) is 0 Å². The van der Waals surface area contributed by atoms with Gasteiger partial charge in [-0.2, -0.15) is 0 Å². The fraction of sp³-hybridized carbons (Fsp3) is 0.526. The van der Waals surface area contributed by atoms with Crippen LogP contribution in [0.15, 0.2) is 24.3 Å². The van der Waals surface area contributed by atoms with Crippen molar-refractivity contribution in [2.75, 3.05) is 24.6 Å². The smallest absolute Gasteiger partial charge is 0.321 e. The number of hydrogen-bond donors (Lipinski definition) is 2. The summed E-state index contributed by atoms with van der Waals surface area (Å²) in [6.07, 6.45) is 1.64. The number of nitrogens with one attached hydrogen (secondary N) is 2. The first-order chi connectivity index (χ1) is 13.8. The van der Waals surface area contributed by atoms with E-state index in [2.05, 4.69) is 10.6 Å². The number of amides is 3. The van der Waals surface area contributed by atoms with E-state index in [4.69, 9.17) is 4.74 Å². The van der Waals surface area contributed by atoms with Crippen LogP contribution < -0.4 is 15.5 Å². The number of hydrogen-bond acceptors (Lipinski definition) is 7. The Morgan fingerprint density at radius 3 is 2.55 bits per heavy atom. The van der Waals surface area contributed by atoms with Crippen LogP contribution >= 0.6 is 0 Å². The van der Waals surface area contributed by atoms with E-state index >= 15 is 0 Å². The summed E-state index contributed by atoms with van der Waals surface area (Å²) in [6, 6.07) is 5.78. The van der Waals surface area contributed by atoms with Gasteiger partial charge in [-0.15, -0.1) is 0 Å². The molecule has 2 rings (SSSR count). The van der Waals surface area contributed by atoms with E-state index in [1.165, 1.54) is 6.07 Å². The number of nitro groups is 1. The predicted molar refractivity (Wildman–Crippen MR) is 105 cm³/mol. The van der Waals surface area contributed by atoms with Gasteiger partial charge in [0.1, 0.15) is 5.69 Å². The maximum absolute atomic E-state index is 12.2. The number of nitro benzene ring substituents is 1. The first-order valence-electron chi connectivity index (χ1n) is 9.57. The molecule has 3 amide bonds. The van der Waals surface area contributed by atoms with Crippen LogP contribution in [-0.4, -0.2) is 48.6 Å². The van der Waals surface area contributed by atoms with E-state index < -0.39 is 35.4 Å². The molecule has 1 saturated heterocycles. The molecule has 0 radical (unpaired) electrons. The maximum Gasteiger partial charge on any atom is 0.321 e. The van der Waals surface area contributed by atoms with Gasteiger partial charge >= 0.3 is 12.0 Å². The molecule has 2 N–H and O–H groups in total. The van der Waals surface area contributed by atoms with E-state index in [1.807, 2.05) is 11.8 Å². The number of carbonyl (C=O) groups is 3. The van der Waals surface area contributed by atoms with Crippen LogP contribution in [0.4, 0.5) is 16.2 Å². The number of benzene rings is 1. The molecule has 0 spiro atoms. The monoisotopic (exact) mass is 406 g/mol. The Labute approximate surface area is 168 Å². The lowest BCUT2D eigenvalue weighted by Crippen LogP contribution is -2.45. The predicted octanol–water partition coefficient (Wildman–Crippen LogP) is 1.98. The second kappa shape index (κ2) is 10.4. The molecule has 1 aliphatic heterocycles. The van der Waals surface area contributed by atoms with Crippen molar-refractivity contribution in [2.24, 2.45) is 5.92 Å². The Bertz CT molecular complexity index is 761. The second-order valence-corrected chi connectivity index (χ2v) is 6.95. The molecular weight excluding hydrogens is 380 g/mol. The number of ether oxygens (including phenoxy) is 1. The van der Waals surface area contributed by atoms with Crippen LogP contribution in [0.2, 0.25) is 0 Å². The number of imide groups is 1. The van der Waals surface area contributed by atoms with Gasteiger partial charge < -0.3 is 15.0 Å². The van der Waals surface area contributed by atoms with Gasteiger partial charge in [0.2, 0.25) is 0 Å². The lowest BCUT2D eigenvalue weighted by atomic mass is 9.96. The number of urea groups is 1. The summed E-state index contributed by atoms with van der Waals surface area (Å²) in [5.41, 5.74) is 0.553. The molecule has 1 heterocycles. The van der Waals surface area contributed by atoms with Gasteiger partial charge in [0.05, 0.1) is 10.8 Å². The standard InChI is InChI=1S/C19H26N4O6/c1-3-13(2)20-19(26)21-17(24)12-29-18(25)14-8-10-22(11-9-14)15-6-4-5-7-16(15)23(27)28/h4-7,13-14H,3,8-12H2,1-2H3,(H2,20,21,24,26)/t13-/m1/s1. The van der Waals surface area contributed by atoms with Crippen molar-refractivity contribution in [3.63, 3.8) is 0 Å². The first kappa shape index (κ1) is 22.1. The summed E-state index contributed by atoms with van der Waals surface area (Å²) in [4.78, 5) is 48.1. The summed E-state index contributed by atoms with van der Waals surface area (Å²) >= 11 is 0. The summed E-state index contributed by atoms with van der Waals surface area (Å²) < 4.78 is 5.02. The fourth-order valence-corrected chi connectivity index (χ4v) is 3.02. The minimum atomic E-state index is -0.698. The van der Waals surface area contributed by atoms with Crippen molar-refractivity contribution in [1.29, 1.82) is 0 Å². The number of piperidine rings is 1. The number of rotatable bonds is 7. The van der Waals surface area contributed by atoms with Crippen LogP contribution in [0.3, 0.4) is 0 Å². The highest BCUT2D eigenvalue weighted by atomic mass is 16.6. The Balaban J connectivity index is 1.78. The molecule has 0 saturated carbocycles. The average Bonchev–Trinajstić information content (AvgIpc) is 2.71. The van der Waals surface area contributed by atoms with Crippen LogP contribution in [0, 0.1) is 16.0 Å².